The molecule has 0 bridgehead atoms. The molecule has 0 saturated carbocycles. The van der Waals surface area contributed by atoms with Gasteiger partial charge in [-0.25, -0.2) is 0 Å². The Balaban J connectivity index is 3.57. The van der Waals surface area contributed by atoms with Crippen molar-refractivity contribution < 1.29 is 4.74 Å². The van der Waals surface area contributed by atoms with Crippen molar-refractivity contribution in [3.63, 3.8) is 0 Å². The quantitative estimate of drug-likeness (QED) is 0.598. The van der Waals surface area contributed by atoms with Crippen LogP contribution in [0.2, 0.25) is 0 Å². The molecule has 0 radical (unpaired) electrons. The molecule has 0 rings (SSSR count). The summed E-state index contributed by atoms with van der Waals surface area (Å²) < 4.78 is 5.11. The van der Waals surface area contributed by atoms with Crippen LogP contribution in [-0.2, 0) is 4.74 Å². The standard InChI is InChI=1S/C12H28N2O/c1-11(2)14(9-10-15-4)8-6-5-7-12(3)13/h11-12H,5-10,13H2,1-4H3. The Kier molecular flexibility index (Phi) is 9.06. The maximum atomic E-state index is 5.72. The van der Waals surface area contributed by atoms with Crippen LogP contribution in [-0.4, -0.2) is 43.8 Å². The molecule has 0 aromatic rings. The molecule has 92 valence electrons. The molecule has 0 aliphatic carbocycles. The molecular weight excluding hydrogens is 188 g/mol. The van der Waals surface area contributed by atoms with Gasteiger partial charge < -0.3 is 10.5 Å². The van der Waals surface area contributed by atoms with Gasteiger partial charge in [-0.1, -0.05) is 6.42 Å². The van der Waals surface area contributed by atoms with Gasteiger partial charge >= 0.3 is 0 Å². The third kappa shape index (κ3) is 8.85. The fourth-order valence-corrected chi connectivity index (χ4v) is 1.62. The summed E-state index contributed by atoms with van der Waals surface area (Å²) in [7, 11) is 1.76. The van der Waals surface area contributed by atoms with E-state index >= 15 is 0 Å². The van der Waals surface area contributed by atoms with Crippen molar-refractivity contribution in [3.05, 3.63) is 0 Å². The summed E-state index contributed by atoms with van der Waals surface area (Å²) in [4.78, 5) is 2.46. The van der Waals surface area contributed by atoms with Gasteiger partial charge in [-0.15, -0.1) is 0 Å². The van der Waals surface area contributed by atoms with Crippen LogP contribution in [0.15, 0.2) is 0 Å². The van der Waals surface area contributed by atoms with Crippen LogP contribution in [0.4, 0.5) is 0 Å². The Morgan fingerprint density at radius 1 is 1.13 bits per heavy atom. The molecule has 15 heavy (non-hydrogen) atoms. The summed E-state index contributed by atoms with van der Waals surface area (Å²) in [6.45, 7) is 9.57. The summed E-state index contributed by atoms with van der Waals surface area (Å²) in [5.41, 5.74) is 5.72. The summed E-state index contributed by atoms with van der Waals surface area (Å²) in [5.74, 6) is 0. The van der Waals surface area contributed by atoms with E-state index in [-0.39, 0.29) is 0 Å². The largest absolute Gasteiger partial charge is 0.383 e. The van der Waals surface area contributed by atoms with Gasteiger partial charge in [0, 0.05) is 25.7 Å². The van der Waals surface area contributed by atoms with Gasteiger partial charge in [-0.05, 0) is 40.2 Å². The predicted octanol–water partition coefficient (Wildman–Crippen LogP) is 1.86. The van der Waals surface area contributed by atoms with E-state index in [0.29, 0.717) is 12.1 Å². The highest BCUT2D eigenvalue weighted by atomic mass is 16.5. The minimum atomic E-state index is 0.344. The highest BCUT2D eigenvalue weighted by Crippen LogP contribution is 2.04. The van der Waals surface area contributed by atoms with Gasteiger partial charge in [-0.2, -0.15) is 0 Å². The van der Waals surface area contributed by atoms with Crippen molar-refractivity contribution >= 4 is 0 Å². The summed E-state index contributed by atoms with van der Waals surface area (Å²) in [6.07, 6.45) is 3.60. The number of methoxy groups -OCH3 is 1. The van der Waals surface area contributed by atoms with E-state index in [4.69, 9.17) is 10.5 Å². The molecule has 0 aliphatic heterocycles. The number of nitrogens with zero attached hydrogens (tertiary/aromatic N) is 1. The molecule has 0 aromatic heterocycles. The number of ether oxygens (including phenoxy) is 1. The number of unbranched alkanes of at least 4 members (excludes halogenated alkanes) is 1. The van der Waals surface area contributed by atoms with E-state index in [2.05, 4.69) is 25.7 Å². The lowest BCUT2D eigenvalue weighted by molar-refractivity contribution is 0.128. The first-order valence-corrected chi connectivity index (χ1v) is 6.06. The second-order valence-corrected chi connectivity index (χ2v) is 4.60. The molecule has 1 unspecified atom stereocenters. The normalized spacial score (nSPS) is 13.8. The molecule has 0 amide bonds. The molecule has 1 atom stereocenters. The second-order valence-electron chi connectivity index (χ2n) is 4.60. The maximum Gasteiger partial charge on any atom is 0.0589 e. The van der Waals surface area contributed by atoms with Crippen molar-refractivity contribution in [2.24, 2.45) is 5.73 Å². The summed E-state index contributed by atoms with van der Waals surface area (Å²) in [6, 6.07) is 0.951. The van der Waals surface area contributed by atoms with E-state index < -0.39 is 0 Å². The van der Waals surface area contributed by atoms with Gasteiger partial charge in [0.2, 0.25) is 0 Å². The molecule has 2 N–H and O–H groups in total. The molecular formula is C12H28N2O. The van der Waals surface area contributed by atoms with E-state index in [1.807, 2.05) is 0 Å². The molecule has 0 aromatic carbocycles. The lowest BCUT2D eigenvalue weighted by Crippen LogP contribution is -2.34. The molecule has 3 nitrogen and oxygen atoms in total. The van der Waals surface area contributed by atoms with Gasteiger partial charge in [0.05, 0.1) is 6.61 Å². The molecule has 0 heterocycles. The molecule has 3 heteroatoms. The monoisotopic (exact) mass is 216 g/mol. The van der Waals surface area contributed by atoms with Gasteiger partial charge in [0.25, 0.3) is 0 Å². The third-order valence-electron chi connectivity index (χ3n) is 2.67. The predicted molar refractivity (Wildman–Crippen MR) is 66.1 cm³/mol. The zero-order valence-electron chi connectivity index (χ0n) is 10.8. The average Bonchev–Trinajstić information content (AvgIpc) is 2.15. The number of hydrogen-bond acceptors (Lipinski definition) is 3. The molecule has 0 aliphatic rings. The zero-order chi connectivity index (χ0) is 11.7. The van der Waals surface area contributed by atoms with Crippen molar-refractivity contribution in [3.8, 4) is 0 Å². The fraction of sp³-hybridized carbons (Fsp3) is 1.00. The molecule has 0 fully saturated rings. The van der Waals surface area contributed by atoms with Crippen LogP contribution in [0.25, 0.3) is 0 Å². The fourth-order valence-electron chi connectivity index (χ4n) is 1.62. The molecule has 0 spiro atoms. The Morgan fingerprint density at radius 3 is 2.27 bits per heavy atom. The van der Waals surface area contributed by atoms with Crippen LogP contribution in [0, 0.1) is 0 Å². The highest BCUT2D eigenvalue weighted by molar-refractivity contribution is 4.63. The van der Waals surface area contributed by atoms with Gasteiger partial charge in [0.1, 0.15) is 0 Å². The smallest absolute Gasteiger partial charge is 0.0589 e. The third-order valence-corrected chi connectivity index (χ3v) is 2.67. The van der Waals surface area contributed by atoms with E-state index in [1.54, 1.807) is 7.11 Å². The first kappa shape index (κ1) is 14.9. The van der Waals surface area contributed by atoms with Crippen molar-refractivity contribution in [2.75, 3.05) is 26.8 Å². The lowest BCUT2D eigenvalue weighted by Gasteiger charge is -2.26. The van der Waals surface area contributed by atoms with Crippen LogP contribution >= 0.6 is 0 Å². The van der Waals surface area contributed by atoms with Crippen LogP contribution in [0.3, 0.4) is 0 Å². The number of rotatable bonds is 9. The first-order valence-electron chi connectivity index (χ1n) is 6.06. The Bertz CT molecular complexity index is 138. The van der Waals surface area contributed by atoms with Crippen molar-refractivity contribution in [1.29, 1.82) is 0 Å². The van der Waals surface area contributed by atoms with Crippen LogP contribution < -0.4 is 5.73 Å². The van der Waals surface area contributed by atoms with E-state index in [1.165, 1.54) is 12.8 Å². The Labute approximate surface area is 95.0 Å². The van der Waals surface area contributed by atoms with Crippen LogP contribution in [0.5, 0.6) is 0 Å². The second kappa shape index (κ2) is 9.13. The van der Waals surface area contributed by atoms with Crippen molar-refractivity contribution in [1.82, 2.24) is 4.90 Å². The van der Waals surface area contributed by atoms with E-state index in [0.717, 1.165) is 26.1 Å². The first-order chi connectivity index (χ1) is 7.07. The summed E-state index contributed by atoms with van der Waals surface area (Å²) in [5, 5.41) is 0. The number of hydrogen-bond donors (Lipinski definition) is 1. The molecule has 0 saturated heterocycles. The lowest BCUT2D eigenvalue weighted by atomic mass is 10.1. The minimum Gasteiger partial charge on any atom is -0.383 e. The Hall–Kier alpha value is -0.120. The van der Waals surface area contributed by atoms with Crippen LogP contribution in [0.1, 0.15) is 40.0 Å². The van der Waals surface area contributed by atoms with E-state index in [9.17, 15) is 0 Å². The SMILES string of the molecule is COCCN(CCCCC(C)N)C(C)C. The van der Waals surface area contributed by atoms with Gasteiger partial charge in [-0.3, -0.25) is 4.90 Å². The maximum absolute atomic E-state index is 5.72. The zero-order valence-corrected chi connectivity index (χ0v) is 10.8. The van der Waals surface area contributed by atoms with Gasteiger partial charge in [0.15, 0.2) is 0 Å². The minimum absolute atomic E-state index is 0.344. The number of nitrogens with two attached hydrogens (primary N) is 1. The highest BCUT2D eigenvalue weighted by Gasteiger charge is 2.08. The summed E-state index contributed by atoms with van der Waals surface area (Å²) >= 11 is 0. The Morgan fingerprint density at radius 2 is 1.80 bits per heavy atom. The topological polar surface area (TPSA) is 38.5 Å². The van der Waals surface area contributed by atoms with Crippen molar-refractivity contribution in [2.45, 2.75) is 52.1 Å². The average molecular weight is 216 g/mol.